The molecule has 17 heavy (non-hydrogen) atoms. The second-order valence-electron chi connectivity index (χ2n) is 5.58. The van der Waals surface area contributed by atoms with Crippen LogP contribution < -0.4 is 5.32 Å². The Bertz CT molecular complexity index is 352. The van der Waals surface area contributed by atoms with E-state index in [1.165, 1.54) is 12.8 Å². The second-order valence-corrected chi connectivity index (χ2v) is 7.81. The van der Waals surface area contributed by atoms with E-state index in [-0.39, 0.29) is 6.04 Å². The highest BCUT2D eigenvalue weighted by atomic mass is 32.2. The van der Waals surface area contributed by atoms with E-state index in [9.17, 15) is 8.42 Å². The van der Waals surface area contributed by atoms with Crippen molar-refractivity contribution in [2.24, 2.45) is 5.92 Å². The highest BCUT2D eigenvalue weighted by Gasteiger charge is 2.29. The van der Waals surface area contributed by atoms with E-state index in [0.717, 1.165) is 19.0 Å². The first-order valence-corrected chi connectivity index (χ1v) is 8.48. The van der Waals surface area contributed by atoms with Gasteiger partial charge in [-0.2, -0.15) is 0 Å². The van der Waals surface area contributed by atoms with Gasteiger partial charge in [0.1, 0.15) is 0 Å². The normalized spacial score (nSPS) is 31.3. The Morgan fingerprint density at radius 1 is 1.41 bits per heavy atom. The zero-order chi connectivity index (χ0) is 12.5. The van der Waals surface area contributed by atoms with Crippen LogP contribution in [0, 0.1) is 5.92 Å². The minimum absolute atomic E-state index is 0.173. The molecule has 2 fully saturated rings. The molecular formula is C12H24N2O2S. The molecular weight excluding hydrogens is 236 g/mol. The van der Waals surface area contributed by atoms with Gasteiger partial charge in [0, 0.05) is 31.7 Å². The van der Waals surface area contributed by atoms with Gasteiger partial charge in [-0.05, 0) is 32.6 Å². The summed E-state index contributed by atoms with van der Waals surface area (Å²) in [4.78, 5) is 2.29. The van der Waals surface area contributed by atoms with Gasteiger partial charge >= 0.3 is 0 Å². The summed E-state index contributed by atoms with van der Waals surface area (Å²) in [5.74, 6) is 1.54. The summed E-state index contributed by atoms with van der Waals surface area (Å²) < 4.78 is 22.9. The summed E-state index contributed by atoms with van der Waals surface area (Å²) in [6.07, 6.45) is 2.74. The molecule has 1 aliphatic heterocycles. The van der Waals surface area contributed by atoms with E-state index in [1.54, 1.807) is 0 Å². The van der Waals surface area contributed by atoms with Crippen molar-refractivity contribution in [1.29, 1.82) is 0 Å². The minimum atomic E-state index is -2.77. The lowest BCUT2D eigenvalue weighted by Gasteiger charge is -2.33. The van der Waals surface area contributed by atoms with E-state index in [4.69, 9.17) is 0 Å². The topological polar surface area (TPSA) is 49.4 Å². The standard InChI is InChI=1S/C12H24N2O2S/c1-10-9-17(15,16)8-7-14(10)6-5-13-11(2)12-3-4-12/h10-13H,3-9H2,1-2H3. The zero-order valence-corrected chi connectivity index (χ0v) is 11.7. The Balaban J connectivity index is 1.68. The van der Waals surface area contributed by atoms with Crippen molar-refractivity contribution in [3.05, 3.63) is 0 Å². The van der Waals surface area contributed by atoms with Crippen molar-refractivity contribution >= 4 is 9.84 Å². The highest BCUT2D eigenvalue weighted by Crippen LogP contribution is 2.32. The summed E-state index contributed by atoms with van der Waals surface area (Å²) in [5, 5.41) is 3.54. The van der Waals surface area contributed by atoms with Gasteiger partial charge in [-0.25, -0.2) is 8.42 Å². The molecule has 100 valence electrons. The van der Waals surface area contributed by atoms with Crippen LogP contribution in [0.5, 0.6) is 0 Å². The molecule has 4 nitrogen and oxygen atoms in total. The first-order chi connectivity index (χ1) is 7.98. The van der Waals surface area contributed by atoms with Gasteiger partial charge in [-0.15, -0.1) is 0 Å². The average Bonchev–Trinajstić information content (AvgIpc) is 3.03. The van der Waals surface area contributed by atoms with Crippen LogP contribution in [0.3, 0.4) is 0 Å². The van der Waals surface area contributed by atoms with Crippen LogP contribution in [-0.2, 0) is 9.84 Å². The van der Waals surface area contributed by atoms with Crippen molar-refractivity contribution in [2.75, 3.05) is 31.1 Å². The molecule has 1 N–H and O–H groups in total. The van der Waals surface area contributed by atoms with Crippen LogP contribution in [0.4, 0.5) is 0 Å². The maximum absolute atomic E-state index is 11.4. The number of hydrogen-bond acceptors (Lipinski definition) is 4. The van der Waals surface area contributed by atoms with Crippen molar-refractivity contribution in [3.63, 3.8) is 0 Å². The van der Waals surface area contributed by atoms with Crippen molar-refractivity contribution < 1.29 is 8.42 Å². The molecule has 0 aromatic carbocycles. The third-order valence-corrected chi connectivity index (χ3v) is 5.80. The fourth-order valence-electron chi connectivity index (χ4n) is 2.56. The Morgan fingerprint density at radius 2 is 2.12 bits per heavy atom. The number of rotatable bonds is 5. The van der Waals surface area contributed by atoms with Gasteiger partial charge in [-0.3, -0.25) is 4.90 Å². The monoisotopic (exact) mass is 260 g/mol. The molecule has 1 aliphatic carbocycles. The summed E-state index contributed by atoms with van der Waals surface area (Å²) in [5.41, 5.74) is 0. The first-order valence-electron chi connectivity index (χ1n) is 6.66. The molecule has 0 aromatic rings. The molecule has 2 unspecified atom stereocenters. The van der Waals surface area contributed by atoms with E-state index in [1.807, 2.05) is 6.92 Å². The van der Waals surface area contributed by atoms with Crippen LogP contribution in [0.2, 0.25) is 0 Å². The van der Waals surface area contributed by atoms with Crippen LogP contribution in [-0.4, -0.2) is 56.5 Å². The smallest absolute Gasteiger partial charge is 0.153 e. The van der Waals surface area contributed by atoms with Crippen molar-refractivity contribution in [2.45, 2.75) is 38.8 Å². The minimum Gasteiger partial charge on any atom is -0.313 e. The molecule has 1 saturated carbocycles. The van der Waals surface area contributed by atoms with Crippen LogP contribution in [0.25, 0.3) is 0 Å². The number of sulfone groups is 1. The Labute approximate surface area is 105 Å². The third-order valence-electron chi connectivity index (χ3n) is 4.00. The predicted molar refractivity (Wildman–Crippen MR) is 69.9 cm³/mol. The van der Waals surface area contributed by atoms with Gasteiger partial charge in [0.15, 0.2) is 9.84 Å². The molecule has 0 radical (unpaired) electrons. The first kappa shape index (κ1) is 13.3. The van der Waals surface area contributed by atoms with Gasteiger partial charge in [-0.1, -0.05) is 0 Å². The van der Waals surface area contributed by atoms with Gasteiger partial charge in [0.25, 0.3) is 0 Å². The Kier molecular flexibility index (Phi) is 4.10. The maximum Gasteiger partial charge on any atom is 0.153 e. The number of nitrogens with zero attached hydrogens (tertiary/aromatic N) is 1. The molecule has 2 aliphatic rings. The molecule has 2 rings (SSSR count). The Hall–Kier alpha value is -0.130. The lowest BCUT2D eigenvalue weighted by molar-refractivity contribution is 0.223. The van der Waals surface area contributed by atoms with Crippen LogP contribution in [0.15, 0.2) is 0 Å². The molecule has 0 spiro atoms. The number of hydrogen-bond donors (Lipinski definition) is 1. The van der Waals surface area contributed by atoms with E-state index >= 15 is 0 Å². The summed E-state index contributed by atoms with van der Waals surface area (Å²) in [7, 11) is -2.77. The molecule has 2 atom stereocenters. The largest absolute Gasteiger partial charge is 0.313 e. The summed E-state index contributed by atoms with van der Waals surface area (Å²) in [6, 6.07) is 0.797. The zero-order valence-electron chi connectivity index (χ0n) is 10.9. The molecule has 5 heteroatoms. The molecule has 0 amide bonds. The molecule has 0 bridgehead atoms. The van der Waals surface area contributed by atoms with Gasteiger partial charge < -0.3 is 5.32 Å². The summed E-state index contributed by atoms with van der Waals surface area (Å²) in [6.45, 7) is 6.90. The lowest BCUT2D eigenvalue weighted by atomic mass is 10.2. The summed E-state index contributed by atoms with van der Waals surface area (Å²) >= 11 is 0. The van der Waals surface area contributed by atoms with Crippen molar-refractivity contribution in [1.82, 2.24) is 10.2 Å². The Morgan fingerprint density at radius 3 is 2.71 bits per heavy atom. The molecule has 0 aromatic heterocycles. The highest BCUT2D eigenvalue weighted by molar-refractivity contribution is 7.91. The fourth-order valence-corrected chi connectivity index (χ4v) is 4.19. The quantitative estimate of drug-likeness (QED) is 0.782. The lowest BCUT2D eigenvalue weighted by Crippen LogP contribution is -2.49. The third kappa shape index (κ3) is 3.93. The second kappa shape index (κ2) is 5.24. The van der Waals surface area contributed by atoms with Crippen molar-refractivity contribution in [3.8, 4) is 0 Å². The predicted octanol–water partition coefficient (Wildman–Crippen LogP) is 0.493. The fraction of sp³-hybridized carbons (Fsp3) is 1.00. The van der Waals surface area contributed by atoms with E-state index in [0.29, 0.717) is 24.1 Å². The molecule has 1 heterocycles. The van der Waals surface area contributed by atoms with Crippen LogP contribution in [0.1, 0.15) is 26.7 Å². The average molecular weight is 260 g/mol. The van der Waals surface area contributed by atoms with Gasteiger partial charge in [0.05, 0.1) is 11.5 Å². The molecule has 1 saturated heterocycles. The number of nitrogens with one attached hydrogen (secondary N) is 1. The van der Waals surface area contributed by atoms with Crippen LogP contribution >= 0.6 is 0 Å². The SMILES string of the molecule is CC(NCCN1CCS(=O)(=O)CC1C)C1CC1. The van der Waals surface area contributed by atoms with Gasteiger partial charge in [0.2, 0.25) is 0 Å². The van der Waals surface area contributed by atoms with E-state index < -0.39 is 9.84 Å². The van der Waals surface area contributed by atoms with E-state index in [2.05, 4.69) is 17.1 Å². The maximum atomic E-state index is 11.4.